The van der Waals surface area contributed by atoms with Crippen molar-refractivity contribution in [3.63, 3.8) is 0 Å². The molecule has 1 saturated heterocycles. The van der Waals surface area contributed by atoms with E-state index in [1.54, 1.807) is 0 Å². The molecule has 1 atom stereocenters. The Bertz CT molecular complexity index is 483. The summed E-state index contributed by atoms with van der Waals surface area (Å²) < 4.78 is 7.49. The third kappa shape index (κ3) is 1.43. The van der Waals surface area contributed by atoms with Crippen LogP contribution in [0.1, 0.15) is 18.0 Å². The Balaban J connectivity index is 2.11. The maximum atomic E-state index is 5.39. The molecule has 0 spiro atoms. The molecular formula is C12H14N2O. The number of nitrogens with zero attached hydrogens (tertiary/aromatic N) is 2. The minimum atomic E-state index is 0.421. The van der Waals surface area contributed by atoms with Gasteiger partial charge in [0.05, 0.1) is 24.4 Å². The Hall–Kier alpha value is -1.35. The minimum Gasteiger partial charge on any atom is -0.379 e. The van der Waals surface area contributed by atoms with Gasteiger partial charge < -0.3 is 4.74 Å². The van der Waals surface area contributed by atoms with E-state index in [0.717, 1.165) is 19.6 Å². The molecule has 2 aromatic rings. The molecule has 1 aliphatic heterocycles. The topological polar surface area (TPSA) is 27.1 Å². The predicted molar refractivity (Wildman–Crippen MR) is 58.9 cm³/mol. The molecule has 0 N–H and O–H groups in total. The molecule has 0 radical (unpaired) electrons. The number of hydrogen-bond acceptors (Lipinski definition) is 2. The van der Waals surface area contributed by atoms with Gasteiger partial charge in [-0.15, -0.1) is 0 Å². The summed E-state index contributed by atoms with van der Waals surface area (Å²) in [5.41, 5.74) is 2.50. The molecule has 1 aromatic heterocycles. The van der Waals surface area contributed by atoms with Gasteiger partial charge in [0.2, 0.25) is 0 Å². The molecule has 0 saturated carbocycles. The quantitative estimate of drug-likeness (QED) is 0.709. The molecule has 1 fully saturated rings. The summed E-state index contributed by atoms with van der Waals surface area (Å²) in [6.07, 6.45) is 3.02. The first-order valence-electron chi connectivity index (χ1n) is 5.36. The van der Waals surface area contributed by atoms with E-state index in [1.165, 1.54) is 16.5 Å². The summed E-state index contributed by atoms with van der Waals surface area (Å²) in [5, 5.41) is 5.68. The molecule has 3 nitrogen and oxygen atoms in total. The van der Waals surface area contributed by atoms with E-state index in [0.29, 0.717) is 6.04 Å². The van der Waals surface area contributed by atoms with Crippen LogP contribution in [0.25, 0.3) is 10.9 Å². The van der Waals surface area contributed by atoms with Crippen LogP contribution < -0.4 is 0 Å². The summed E-state index contributed by atoms with van der Waals surface area (Å²) in [6.45, 7) is 3.76. The van der Waals surface area contributed by atoms with Gasteiger partial charge in [-0.1, -0.05) is 11.6 Å². The summed E-state index contributed by atoms with van der Waals surface area (Å²) in [7, 11) is 0. The van der Waals surface area contributed by atoms with Crippen molar-refractivity contribution in [2.45, 2.75) is 19.4 Å². The molecule has 2 heterocycles. The van der Waals surface area contributed by atoms with Gasteiger partial charge in [-0.2, -0.15) is 5.10 Å². The predicted octanol–water partition coefficient (Wildman–Crippen LogP) is 2.31. The number of benzene rings is 1. The fourth-order valence-corrected chi connectivity index (χ4v) is 2.18. The zero-order chi connectivity index (χ0) is 10.3. The Morgan fingerprint density at radius 3 is 3.20 bits per heavy atom. The third-order valence-corrected chi connectivity index (χ3v) is 3.00. The maximum absolute atomic E-state index is 5.39. The smallest absolute Gasteiger partial charge is 0.0781 e. The van der Waals surface area contributed by atoms with Crippen LogP contribution >= 0.6 is 0 Å². The monoisotopic (exact) mass is 202 g/mol. The number of hydrogen-bond donors (Lipinski definition) is 0. The van der Waals surface area contributed by atoms with E-state index in [1.807, 2.05) is 6.20 Å². The van der Waals surface area contributed by atoms with Crippen molar-refractivity contribution in [1.29, 1.82) is 0 Å². The fraction of sp³-hybridized carbons (Fsp3) is 0.417. The lowest BCUT2D eigenvalue weighted by molar-refractivity contribution is 0.185. The fourth-order valence-electron chi connectivity index (χ4n) is 2.18. The minimum absolute atomic E-state index is 0.421. The number of aromatic nitrogens is 2. The summed E-state index contributed by atoms with van der Waals surface area (Å²) >= 11 is 0. The van der Waals surface area contributed by atoms with E-state index >= 15 is 0 Å². The van der Waals surface area contributed by atoms with Crippen LogP contribution in [-0.4, -0.2) is 23.0 Å². The SMILES string of the molecule is Cc1ccc2c(cnn2[C@@H]2CCOC2)c1. The summed E-state index contributed by atoms with van der Waals surface area (Å²) in [5.74, 6) is 0. The molecule has 78 valence electrons. The van der Waals surface area contributed by atoms with Gasteiger partial charge in [-0.3, -0.25) is 4.68 Å². The van der Waals surface area contributed by atoms with E-state index in [-0.39, 0.29) is 0 Å². The van der Waals surface area contributed by atoms with Crippen LogP contribution in [0.2, 0.25) is 0 Å². The Morgan fingerprint density at radius 1 is 1.47 bits per heavy atom. The first-order chi connectivity index (χ1) is 7.34. The van der Waals surface area contributed by atoms with Crippen molar-refractivity contribution >= 4 is 10.9 Å². The number of fused-ring (bicyclic) bond motifs is 1. The van der Waals surface area contributed by atoms with E-state index in [4.69, 9.17) is 4.74 Å². The summed E-state index contributed by atoms with van der Waals surface area (Å²) in [6, 6.07) is 6.88. The zero-order valence-electron chi connectivity index (χ0n) is 8.81. The van der Waals surface area contributed by atoms with Gasteiger partial charge in [0.25, 0.3) is 0 Å². The van der Waals surface area contributed by atoms with Crippen molar-refractivity contribution in [3.05, 3.63) is 30.0 Å². The highest BCUT2D eigenvalue weighted by Crippen LogP contribution is 2.24. The molecule has 1 aliphatic rings. The van der Waals surface area contributed by atoms with Gasteiger partial charge in [0, 0.05) is 12.0 Å². The maximum Gasteiger partial charge on any atom is 0.0781 e. The highest BCUT2D eigenvalue weighted by atomic mass is 16.5. The number of ether oxygens (including phenoxy) is 1. The molecule has 3 heteroatoms. The van der Waals surface area contributed by atoms with Crippen molar-refractivity contribution in [2.75, 3.05) is 13.2 Å². The second kappa shape index (κ2) is 3.35. The van der Waals surface area contributed by atoms with E-state index in [2.05, 4.69) is 34.9 Å². The van der Waals surface area contributed by atoms with Gasteiger partial charge in [-0.25, -0.2) is 0 Å². The van der Waals surface area contributed by atoms with Crippen LogP contribution in [0.15, 0.2) is 24.4 Å². The van der Waals surface area contributed by atoms with Crippen LogP contribution in [0, 0.1) is 6.92 Å². The van der Waals surface area contributed by atoms with Gasteiger partial charge in [0.1, 0.15) is 0 Å². The van der Waals surface area contributed by atoms with Crippen LogP contribution in [-0.2, 0) is 4.74 Å². The Labute approximate surface area is 88.7 Å². The van der Waals surface area contributed by atoms with Crippen LogP contribution in [0.3, 0.4) is 0 Å². The van der Waals surface area contributed by atoms with E-state index < -0.39 is 0 Å². The second-order valence-corrected chi connectivity index (χ2v) is 4.17. The molecule has 0 bridgehead atoms. The first kappa shape index (κ1) is 8.92. The molecular weight excluding hydrogens is 188 g/mol. The molecule has 0 unspecified atom stereocenters. The summed E-state index contributed by atoms with van der Waals surface area (Å²) in [4.78, 5) is 0. The Morgan fingerprint density at radius 2 is 2.40 bits per heavy atom. The largest absolute Gasteiger partial charge is 0.379 e. The van der Waals surface area contributed by atoms with Crippen LogP contribution in [0.4, 0.5) is 0 Å². The molecule has 15 heavy (non-hydrogen) atoms. The lowest BCUT2D eigenvalue weighted by Crippen LogP contribution is -2.09. The third-order valence-electron chi connectivity index (χ3n) is 3.00. The normalized spacial score (nSPS) is 21.3. The van der Waals surface area contributed by atoms with Gasteiger partial charge >= 0.3 is 0 Å². The lowest BCUT2D eigenvalue weighted by atomic mass is 10.2. The van der Waals surface area contributed by atoms with Gasteiger partial charge in [-0.05, 0) is 25.5 Å². The molecule has 0 aliphatic carbocycles. The number of aryl methyl sites for hydroxylation is 1. The Kier molecular flexibility index (Phi) is 1.99. The van der Waals surface area contributed by atoms with Gasteiger partial charge in [0.15, 0.2) is 0 Å². The first-order valence-corrected chi connectivity index (χ1v) is 5.36. The van der Waals surface area contributed by atoms with Crippen LogP contribution in [0.5, 0.6) is 0 Å². The average molecular weight is 202 g/mol. The van der Waals surface area contributed by atoms with Crippen molar-refractivity contribution in [1.82, 2.24) is 9.78 Å². The molecule has 3 rings (SSSR count). The van der Waals surface area contributed by atoms with Crippen molar-refractivity contribution in [2.24, 2.45) is 0 Å². The average Bonchev–Trinajstić information content (AvgIpc) is 2.82. The zero-order valence-corrected chi connectivity index (χ0v) is 8.81. The molecule has 1 aromatic carbocycles. The highest BCUT2D eigenvalue weighted by Gasteiger charge is 2.19. The molecule has 0 amide bonds. The number of rotatable bonds is 1. The highest BCUT2D eigenvalue weighted by molar-refractivity contribution is 5.79. The lowest BCUT2D eigenvalue weighted by Gasteiger charge is -2.09. The van der Waals surface area contributed by atoms with Crippen molar-refractivity contribution < 1.29 is 4.74 Å². The standard InChI is InChI=1S/C12H14N2O/c1-9-2-3-12-10(6-9)7-13-14(12)11-4-5-15-8-11/h2-3,6-7,11H,4-5,8H2,1H3/t11-/m1/s1. The second-order valence-electron chi connectivity index (χ2n) is 4.17. The van der Waals surface area contributed by atoms with E-state index in [9.17, 15) is 0 Å². The van der Waals surface area contributed by atoms with Crippen molar-refractivity contribution in [3.8, 4) is 0 Å².